The molecule has 3 heteroatoms. The van der Waals surface area contributed by atoms with Crippen molar-refractivity contribution in [2.24, 2.45) is 0 Å². The summed E-state index contributed by atoms with van der Waals surface area (Å²) in [5.74, 6) is 0. The lowest BCUT2D eigenvalue weighted by Crippen LogP contribution is -2.20. The van der Waals surface area contributed by atoms with Gasteiger partial charge in [0, 0.05) is 23.7 Å². The van der Waals surface area contributed by atoms with Crippen molar-refractivity contribution in [1.82, 2.24) is 9.55 Å². The number of allylic oxidation sites excluding steroid dienone is 1. The lowest BCUT2D eigenvalue weighted by atomic mass is 10.1. The standard InChI is InChI=1S/C15H18N2O/c1-4-5-6-9-17-14(18)8-7-13-10-11(2)12(3)16-15(13)17/h4,7-8,10H,1,5-6,9H2,2-3H3. The lowest BCUT2D eigenvalue weighted by molar-refractivity contribution is 0.644. The fourth-order valence-electron chi connectivity index (χ4n) is 2.02. The van der Waals surface area contributed by atoms with Gasteiger partial charge in [0.25, 0.3) is 5.56 Å². The van der Waals surface area contributed by atoms with Gasteiger partial charge in [0.15, 0.2) is 0 Å². The Morgan fingerprint density at radius 3 is 2.89 bits per heavy atom. The molecule has 0 N–H and O–H groups in total. The average Bonchev–Trinajstić information content (AvgIpc) is 2.35. The van der Waals surface area contributed by atoms with E-state index in [4.69, 9.17) is 0 Å². The van der Waals surface area contributed by atoms with Gasteiger partial charge in [-0.3, -0.25) is 9.36 Å². The van der Waals surface area contributed by atoms with Gasteiger partial charge in [-0.2, -0.15) is 0 Å². The normalized spacial score (nSPS) is 10.8. The van der Waals surface area contributed by atoms with Crippen LogP contribution in [-0.4, -0.2) is 9.55 Å². The summed E-state index contributed by atoms with van der Waals surface area (Å²) in [6, 6.07) is 5.55. The van der Waals surface area contributed by atoms with E-state index in [2.05, 4.69) is 17.6 Å². The van der Waals surface area contributed by atoms with Gasteiger partial charge in [-0.25, -0.2) is 4.98 Å². The molecule has 0 aliphatic carbocycles. The van der Waals surface area contributed by atoms with E-state index in [0.717, 1.165) is 35.1 Å². The van der Waals surface area contributed by atoms with E-state index in [9.17, 15) is 4.79 Å². The van der Waals surface area contributed by atoms with Crippen molar-refractivity contribution < 1.29 is 0 Å². The number of aryl methyl sites for hydroxylation is 3. The topological polar surface area (TPSA) is 34.9 Å². The number of unbranched alkanes of at least 4 members (excludes halogenated alkanes) is 1. The third-order valence-corrected chi connectivity index (χ3v) is 3.19. The summed E-state index contributed by atoms with van der Waals surface area (Å²) in [7, 11) is 0. The number of pyridine rings is 2. The van der Waals surface area contributed by atoms with Gasteiger partial charge in [0.1, 0.15) is 5.65 Å². The van der Waals surface area contributed by atoms with Gasteiger partial charge in [-0.15, -0.1) is 6.58 Å². The number of aromatic nitrogens is 2. The first-order chi connectivity index (χ1) is 8.63. The zero-order valence-corrected chi connectivity index (χ0v) is 10.9. The molecule has 0 spiro atoms. The fourth-order valence-corrected chi connectivity index (χ4v) is 2.02. The summed E-state index contributed by atoms with van der Waals surface area (Å²) in [5.41, 5.74) is 2.93. The first-order valence-corrected chi connectivity index (χ1v) is 6.22. The maximum Gasteiger partial charge on any atom is 0.252 e. The molecule has 18 heavy (non-hydrogen) atoms. The smallest absolute Gasteiger partial charge is 0.252 e. The second kappa shape index (κ2) is 5.17. The molecule has 2 aromatic rings. The Morgan fingerprint density at radius 2 is 2.17 bits per heavy atom. The molecular weight excluding hydrogens is 224 g/mol. The molecule has 2 rings (SSSR count). The molecule has 0 saturated heterocycles. The highest BCUT2D eigenvalue weighted by Gasteiger charge is 2.06. The number of fused-ring (bicyclic) bond motifs is 1. The first-order valence-electron chi connectivity index (χ1n) is 6.22. The molecule has 0 unspecified atom stereocenters. The van der Waals surface area contributed by atoms with Crippen molar-refractivity contribution in [3.63, 3.8) is 0 Å². The maximum atomic E-state index is 11.9. The van der Waals surface area contributed by atoms with Gasteiger partial charge >= 0.3 is 0 Å². The number of rotatable bonds is 4. The summed E-state index contributed by atoms with van der Waals surface area (Å²) in [4.78, 5) is 16.5. The largest absolute Gasteiger partial charge is 0.293 e. The highest BCUT2D eigenvalue weighted by molar-refractivity contribution is 5.76. The number of nitrogens with zero attached hydrogens (tertiary/aromatic N) is 2. The zero-order chi connectivity index (χ0) is 13.1. The van der Waals surface area contributed by atoms with Gasteiger partial charge < -0.3 is 0 Å². The minimum atomic E-state index is 0.0160. The molecule has 0 saturated carbocycles. The summed E-state index contributed by atoms with van der Waals surface area (Å²) in [5, 5.41) is 1.02. The van der Waals surface area contributed by atoms with Gasteiger partial charge in [0.05, 0.1) is 0 Å². The van der Waals surface area contributed by atoms with E-state index < -0.39 is 0 Å². The second-order valence-electron chi connectivity index (χ2n) is 4.56. The van der Waals surface area contributed by atoms with Gasteiger partial charge in [0.2, 0.25) is 0 Å². The van der Waals surface area contributed by atoms with Gasteiger partial charge in [-0.05, 0) is 44.4 Å². The minimum absolute atomic E-state index is 0.0160. The van der Waals surface area contributed by atoms with Crippen LogP contribution in [0.1, 0.15) is 24.1 Å². The Bertz CT molecular complexity index is 641. The highest BCUT2D eigenvalue weighted by Crippen LogP contribution is 2.14. The molecule has 0 aliphatic heterocycles. The summed E-state index contributed by atoms with van der Waals surface area (Å²) in [6.07, 6.45) is 3.70. The molecule has 0 aliphatic rings. The van der Waals surface area contributed by atoms with Crippen molar-refractivity contribution in [3.05, 3.63) is 52.5 Å². The Hall–Kier alpha value is -1.90. The first kappa shape index (κ1) is 12.6. The van der Waals surface area contributed by atoms with Crippen molar-refractivity contribution in [3.8, 4) is 0 Å². The molecule has 2 aromatic heterocycles. The minimum Gasteiger partial charge on any atom is -0.293 e. The number of hydrogen-bond donors (Lipinski definition) is 0. The van der Waals surface area contributed by atoms with Crippen LogP contribution < -0.4 is 5.56 Å². The van der Waals surface area contributed by atoms with Crippen LogP contribution >= 0.6 is 0 Å². The molecular formula is C15H18N2O. The van der Waals surface area contributed by atoms with Crippen LogP contribution in [0.4, 0.5) is 0 Å². The van der Waals surface area contributed by atoms with E-state index in [-0.39, 0.29) is 5.56 Å². The second-order valence-corrected chi connectivity index (χ2v) is 4.56. The Balaban J connectivity index is 2.55. The molecule has 3 nitrogen and oxygen atoms in total. The molecule has 0 amide bonds. The van der Waals surface area contributed by atoms with Crippen LogP contribution in [0.25, 0.3) is 11.0 Å². The molecule has 94 valence electrons. The van der Waals surface area contributed by atoms with Crippen molar-refractivity contribution in [1.29, 1.82) is 0 Å². The van der Waals surface area contributed by atoms with Crippen molar-refractivity contribution in [2.45, 2.75) is 33.2 Å². The van der Waals surface area contributed by atoms with Gasteiger partial charge in [-0.1, -0.05) is 6.08 Å². The van der Waals surface area contributed by atoms with Crippen molar-refractivity contribution in [2.75, 3.05) is 0 Å². The maximum absolute atomic E-state index is 11.9. The van der Waals surface area contributed by atoms with Crippen LogP contribution in [0, 0.1) is 13.8 Å². The molecule has 0 radical (unpaired) electrons. The molecule has 2 heterocycles. The average molecular weight is 242 g/mol. The van der Waals surface area contributed by atoms with E-state index in [1.54, 1.807) is 10.6 Å². The predicted octanol–water partition coefficient (Wildman–Crippen LogP) is 2.98. The fraction of sp³-hybridized carbons (Fsp3) is 0.333. The van der Waals surface area contributed by atoms with Crippen molar-refractivity contribution >= 4 is 11.0 Å². The van der Waals surface area contributed by atoms with E-state index >= 15 is 0 Å². The lowest BCUT2D eigenvalue weighted by Gasteiger charge is -2.10. The Labute approximate surface area is 107 Å². The molecule has 0 fully saturated rings. The summed E-state index contributed by atoms with van der Waals surface area (Å²) < 4.78 is 1.76. The van der Waals surface area contributed by atoms with E-state index in [1.807, 2.05) is 26.0 Å². The molecule has 0 bridgehead atoms. The quantitative estimate of drug-likeness (QED) is 0.610. The Morgan fingerprint density at radius 1 is 1.39 bits per heavy atom. The van der Waals surface area contributed by atoms with Crippen LogP contribution in [0.2, 0.25) is 0 Å². The third-order valence-electron chi connectivity index (χ3n) is 3.19. The van der Waals surface area contributed by atoms with Crippen LogP contribution in [0.5, 0.6) is 0 Å². The summed E-state index contributed by atoms with van der Waals surface area (Å²) in [6.45, 7) is 8.40. The SMILES string of the molecule is C=CCCCn1c(=O)ccc2cc(C)c(C)nc21. The molecule has 0 aromatic carbocycles. The summed E-state index contributed by atoms with van der Waals surface area (Å²) >= 11 is 0. The van der Waals surface area contributed by atoms with E-state index in [0.29, 0.717) is 6.54 Å². The Kier molecular flexibility index (Phi) is 3.60. The monoisotopic (exact) mass is 242 g/mol. The number of hydrogen-bond acceptors (Lipinski definition) is 2. The van der Waals surface area contributed by atoms with Crippen LogP contribution in [-0.2, 0) is 6.54 Å². The van der Waals surface area contributed by atoms with Crippen LogP contribution in [0.15, 0.2) is 35.6 Å². The molecule has 0 atom stereocenters. The third kappa shape index (κ3) is 2.35. The highest BCUT2D eigenvalue weighted by atomic mass is 16.1. The zero-order valence-electron chi connectivity index (χ0n) is 10.9. The predicted molar refractivity (Wildman–Crippen MR) is 74.9 cm³/mol. The van der Waals surface area contributed by atoms with Crippen LogP contribution in [0.3, 0.4) is 0 Å². The van der Waals surface area contributed by atoms with E-state index in [1.165, 1.54) is 0 Å².